The van der Waals surface area contributed by atoms with Crippen LogP contribution in [0.3, 0.4) is 0 Å². The van der Waals surface area contributed by atoms with Crippen molar-refractivity contribution in [2.24, 2.45) is 5.92 Å². The molecule has 4 nitrogen and oxygen atoms in total. The van der Waals surface area contributed by atoms with Crippen molar-refractivity contribution in [2.45, 2.75) is 46.1 Å². The number of aryl methyl sites for hydroxylation is 1. The van der Waals surface area contributed by atoms with Crippen LogP contribution in [-0.2, 0) is 24.2 Å². The van der Waals surface area contributed by atoms with Crippen molar-refractivity contribution in [1.82, 2.24) is 14.8 Å². The molecule has 0 saturated heterocycles. The lowest BCUT2D eigenvalue weighted by atomic mass is 10.1. The predicted octanol–water partition coefficient (Wildman–Crippen LogP) is 3.13. The third-order valence-corrected chi connectivity index (χ3v) is 3.98. The summed E-state index contributed by atoms with van der Waals surface area (Å²) in [6.07, 6.45) is 4.46. The van der Waals surface area contributed by atoms with Crippen LogP contribution in [0.25, 0.3) is 0 Å². The molecule has 0 N–H and O–H groups in total. The molecule has 2 rings (SSSR count). The van der Waals surface area contributed by atoms with Gasteiger partial charge < -0.3 is 0 Å². The number of Topliss-reactive ketones (excluding diaryl/α,β-unsaturated/α-hetero) is 1. The van der Waals surface area contributed by atoms with Crippen molar-refractivity contribution < 1.29 is 4.79 Å². The zero-order valence-electron chi connectivity index (χ0n) is 12.1. The molecule has 5 heteroatoms. The Morgan fingerprint density at radius 2 is 2.30 bits per heavy atom. The van der Waals surface area contributed by atoms with Crippen molar-refractivity contribution in [3.63, 3.8) is 0 Å². The zero-order valence-corrected chi connectivity index (χ0v) is 12.9. The van der Waals surface area contributed by atoms with E-state index in [4.69, 9.17) is 0 Å². The number of ketones is 1. The molecule has 0 saturated carbocycles. The van der Waals surface area contributed by atoms with E-state index >= 15 is 0 Å². The summed E-state index contributed by atoms with van der Waals surface area (Å²) in [7, 11) is 0. The van der Waals surface area contributed by atoms with Crippen LogP contribution in [0.15, 0.2) is 23.8 Å². The molecule has 0 aliphatic rings. The molecular formula is C15H21N3OS. The maximum absolute atomic E-state index is 12.0. The average Bonchev–Trinajstić information content (AvgIpc) is 3.01. The SMILES string of the molecule is CC(C)Cn1ncnc1CC(=O)CCCc1cccs1. The van der Waals surface area contributed by atoms with Crippen molar-refractivity contribution in [2.75, 3.05) is 0 Å². The summed E-state index contributed by atoms with van der Waals surface area (Å²) >= 11 is 1.75. The monoisotopic (exact) mass is 291 g/mol. The van der Waals surface area contributed by atoms with E-state index < -0.39 is 0 Å². The first-order valence-corrected chi connectivity index (χ1v) is 7.94. The van der Waals surface area contributed by atoms with Crippen molar-refractivity contribution in [1.29, 1.82) is 0 Å². The molecule has 108 valence electrons. The van der Waals surface area contributed by atoms with E-state index in [2.05, 4.69) is 41.4 Å². The van der Waals surface area contributed by atoms with Gasteiger partial charge in [0.1, 0.15) is 17.9 Å². The highest BCUT2D eigenvalue weighted by Crippen LogP contribution is 2.12. The molecule has 0 aliphatic carbocycles. The first-order chi connectivity index (χ1) is 9.65. The van der Waals surface area contributed by atoms with E-state index in [-0.39, 0.29) is 5.78 Å². The molecule has 0 spiro atoms. The fourth-order valence-electron chi connectivity index (χ4n) is 2.10. The quantitative estimate of drug-likeness (QED) is 0.750. The van der Waals surface area contributed by atoms with Gasteiger partial charge in [0.05, 0.1) is 6.42 Å². The first kappa shape index (κ1) is 14.9. The maximum atomic E-state index is 12.0. The number of hydrogen-bond donors (Lipinski definition) is 0. The largest absolute Gasteiger partial charge is 0.299 e. The van der Waals surface area contributed by atoms with Crippen molar-refractivity contribution in [3.05, 3.63) is 34.5 Å². The van der Waals surface area contributed by atoms with Crippen molar-refractivity contribution >= 4 is 17.1 Å². The Labute approximate surface area is 123 Å². The topological polar surface area (TPSA) is 47.8 Å². The smallest absolute Gasteiger partial charge is 0.140 e. The number of carbonyl (C=O) groups excluding carboxylic acids is 1. The number of hydrogen-bond acceptors (Lipinski definition) is 4. The van der Waals surface area contributed by atoms with Gasteiger partial charge in [-0.1, -0.05) is 19.9 Å². The Morgan fingerprint density at radius 1 is 1.45 bits per heavy atom. The molecule has 0 aromatic carbocycles. The highest BCUT2D eigenvalue weighted by Gasteiger charge is 2.11. The molecule has 0 atom stereocenters. The molecule has 0 bridgehead atoms. The summed E-state index contributed by atoms with van der Waals surface area (Å²) < 4.78 is 1.85. The van der Waals surface area contributed by atoms with Crippen LogP contribution in [0.2, 0.25) is 0 Å². The fourth-order valence-corrected chi connectivity index (χ4v) is 2.85. The van der Waals surface area contributed by atoms with Gasteiger partial charge in [-0.3, -0.25) is 4.79 Å². The second-order valence-corrected chi connectivity index (χ2v) is 6.43. The summed E-state index contributed by atoms with van der Waals surface area (Å²) in [5, 5.41) is 6.26. The highest BCUT2D eigenvalue weighted by atomic mass is 32.1. The van der Waals surface area contributed by atoms with Gasteiger partial charge in [0, 0.05) is 17.8 Å². The molecule has 2 heterocycles. The number of thiophene rings is 1. The Hall–Kier alpha value is -1.49. The fraction of sp³-hybridized carbons (Fsp3) is 0.533. The summed E-state index contributed by atoms with van der Waals surface area (Å²) in [5.41, 5.74) is 0. The van der Waals surface area contributed by atoms with Gasteiger partial charge in [-0.15, -0.1) is 11.3 Å². The molecular weight excluding hydrogens is 270 g/mol. The van der Waals surface area contributed by atoms with E-state index in [1.165, 1.54) is 11.2 Å². The van der Waals surface area contributed by atoms with Gasteiger partial charge >= 0.3 is 0 Å². The minimum Gasteiger partial charge on any atom is -0.299 e. The second kappa shape index (κ2) is 7.33. The number of carbonyl (C=O) groups is 1. The zero-order chi connectivity index (χ0) is 14.4. The molecule has 2 aromatic heterocycles. The van der Waals surface area contributed by atoms with Crippen LogP contribution >= 0.6 is 11.3 Å². The van der Waals surface area contributed by atoms with E-state index in [0.717, 1.165) is 25.2 Å². The second-order valence-electron chi connectivity index (χ2n) is 5.40. The van der Waals surface area contributed by atoms with Gasteiger partial charge in [-0.25, -0.2) is 9.67 Å². The summed E-state index contributed by atoms with van der Waals surface area (Å²) in [4.78, 5) is 17.5. The molecule has 0 amide bonds. The Balaban J connectivity index is 1.78. The Kier molecular flexibility index (Phi) is 5.47. The Bertz CT molecular complexity index is 531. The van der Waals surface area contributed by atoms with Gasteiger partial charge in [0.25, 0.3) is 0 Å². The average molecular weight is 291 g/mol. The van der Waals surface area contributed by atoms with Crippen LogP contribution in [0.1, 0.15) is 37.4 Å². The Morgan fingerprint density at radius 3 is 3.00 bits per heavy atom. The van der Waals surface area contributed by atoms with Crippen molar-refractivity contribution in [3.8, 4) is 0 Å². The lowest BCUT2D eigenvalue weighted by Crippen LogP contribution is -2.14. The molecule has 2 aromatic rings. The highest BCUT2D eigenvalue weighted by molar-refractivity contribution is 7.09. The third kappa shape index (κ3) is 4.56. The lowest BCUT2D eigenvalue weighted by Gasteiger charge is -2.07. The molecule has 0 unspecified atom stereocenters. The van der Waals surface area contributed by atoms with Gasteiger partial charge in [-0.05, 0) is 30.2 Å². The van der Waals surface area contributed by atoms with Crippen LogP contribution < -0.4 is 0 Å². The van der Waals surface area contributed by atoms with Crippen LogP contribution in [-0.4, -0.2) is 20.5 Å². The van der Waals surface area contributed by atoms with Crippen LogP contribution in [0.5, 0.6) is 0 Å². The third-order valence-electron chi connectivity index (χ3n) is 3.05. The number of nitrogens with zero attached hydrogens (tertiary/aromatic N) is 3. The minimum absolute atomic E-state index is 0.250. The van der Waals surface area contributed by atoms with E-state index in [0.29, 0.717) is 18.8 Å². The molecule has 0 radical (unpaired) electrons. The molecule has 20 heavy (non-hydrogen) atoms. The summed E-state index contributed by atoms with van der Waals surface area (Å²) in [6, 6.07) is 4.17. The van der Waals surface area contributed by atoms with Crippen LogP contribution in [0, 0.1) is 5.92 Å². The van der Waals surface area contributed by atoms with Gasteiger partial charge in [0.15, 0.2) is 0 Å². The standard InChI is InChI=1S/C15H21N3OS/c1-12(2)10-18-15(16-11-17-18)9-13(19)5-3-6-14-7-4-8-20-14/h4,7-8,11-12H,3,5-6,9-10H2,1-2H3. The lowest BCUT2D eigenvalue weighted by molar-refractivity contribution is -0.118. The van der Waals surface area contributed by atoms with E-state index in [1.807, 2.05) is 4.68 Å². The first-order valence-electron chi connectivity index (χ1n) is 7.06. The molecule has 0 aliphatic heterocycles. The number of aromatic nitrogens is 3. The van der Waals surface area contributed by atoms with Gasteiger partial charge in [0.2, 0.25) is 0 Å². The van der Waals surface area contributed by atoms with Crippen LogP contribution in [0.4, 0.5) is 0 Å². The predicted molar refractivity (Wildman–Crippen MR) is 80.8 cm³/mol. The van der Waals surface area contributed by atoms with E-state index in [1.54, 1.807) is 11.3 Å². The normalized spacial score (nSPS) is 11.2. The van der Waals surface area contributed by atoms with Gasteiger partial charge in [-0.2, -0.15) is 5.10 Å². The van der Waals surface area contributed by atoms with E-state index in [9.17, 15) is 4.79 Å². The summed E-state index contributed by atoms with van der Waals surface area (Å²) in [5.74, 6) is 1.55. The minimum atomic E-state index is 0.250. The summed E-state index contributed by atoms with van der Waals surface area (Å²) in [6.45, 7) is 5.08. The number of rotatable bonds is 8. The molecule has 0 fully saturated rings. The maximum Gasteiger partial charge on any atom is 0.140 e.